The van der Waals surface area contributed by atoms with Crippen molar-refractivity contribution in [3.05, 3.63) is 28.8 Å². The summed E-state index contributed by atoms with van der Waals surface area (Å²) in [6, 6.07) is 2.83. The smallest absolute Gasteiger partial charge is 0.281 e. The van der Waals surface area contributed by atoms with E-state index in [-0.39, 0.29) is 10.7 Å². The van der Waals surface area contributed by atoms with Crippen molar-refractivity contribution in [2.75, 3.05) is 11.9 Å². The van der Waals surface area contributed by atoms with Crippen LogP contribution in [-0.2, 0) is 6.18 Å². The van der Waals surface area contributed by atoms with Gasteiger partial charge in [0.05, 0.1) is 16.3 Å². The van der Waals surface area contributed by atoms with E-state index in [2.05, 4.69) is 0 Å². The molecule has 0 heterocycles. The van der Waals surface area contributed by atoms with Gasteiger partial charge in [0.2, 0.25) is 0 Å². The molecule has 0 fully saturated rings. The Kier molecular flexibility index (Phi) is 3.10. The summed E-state index contributed by atoms with van der Waals surface area (Å²) in [4.78, 5) is 0.970. The van der Waals surface area contributed by atoms with Crippen LogP contribution in [0.5, 0.6) is 0 Å². The summed E-state index contributed by atoms with van der Waals surface area (Å²) < 4.78 is 37.0. The number of nitriles is 1. The van der Waals surface area contributed by atoms with Gasteiger partial charge in [-0.25, -0.2) is 0 Å². The molecule has 0 aliphatic rings. The van der Waals surface area contributed by atoms with Crippen LogP contribution in [0.3, 0.4) is 0 Å². The van der Waals surface area contributed by atoms with Crippen molar-refractivity contribution in [2.24, 2.45) is 0 Å². The molecular weight excluding hydrogens is 229 g/mol. The monoisotopic (exact) mass is 234 g/mol. The van der Waals surface area contributed by atoms with E-state index in [1.165, 1.54) is 7.05 Å². The molecule has 0 atom stereocenters. The molecule has 0 saturated heterocycles. The van der Waals surface area contributed by atoms with E-state index in [0.29, 0.717) is 0 Å². The summed E-state index contributed by atoms with van der Waals surface area (Å²) in [6.45, 7) is 0. The lowest BCUT2D eigenvalue weighted by molar-refractivity contribution is -0.137. The normalized spacial score (nSPS) is 10.9. The predicted octanol–water partition coefficient (Wildman–Crippen LogP) is 3.28. The Morgan fingerprint density at radius 2 is 2.00 bits per heavy atom. The number of anilines is 1. The Morgan fingerprint density at radius 1 is 1.40 bits per heavy atom. The second-order valence-corrected chi connectivity index (χ2v) is 3.23. The molecule has 1 aromatic carbocycles. The van der Waals surface area contributed by atoms with Gasteiger partial charge in [-0.05, 0) is 18.2 Å². The largest absolute Gasteiger partial charge is 0.416 e. The van der Waals surface area contributed by atoms with E-state index in [1.807, 2.05) is 0 Å². The van der Waals surface area contributed by atoms with Crippen molar-refractivity contribution in [3.8, 4) is 6.19 Å². The molecule has 0 aliphatic heterocycles. The van der Waals surface area contributed by atoms with Crippen LogP contribution in [0.15, 0.2) is 18.2 Å². The first-order chi connectivity index (χ1) is 6.86. The first kappa shape index (κ1) is 11.7. The number of rotatable bonds is 1. The summed E-state index contributed by atoms with van der Waals surface area (Å²) in [5, 5.41) is 8.65. The fourth-order valence-corrected chi connectivity index (χ4v) is 1.24. The molecule has 6 heteroatoms. The number of benzene rings is 1. The SMILES string of the molecule is CN(C#N)c1cc(C(F)(F)F)ccc1Cl. The maximum Gasteiger partial charge on any atom is 0.416 e. The lowest BCUT2D eigenvalue weighted by Crippen LogP contribution is -2.11. The minimum absolute atomic E-state index is 0.0361. The molecule has 0 aromatic heterocycles. The van der Waals surface area contributed by atoms with Crippen molar-refractivity contribution in [2.45, 2.75) is 6.18 Å². The Morgan fingerprint density at radius 3 is 2.47 bits per heavy atom. The third-order valence-electron chi connectivity index (χ3n) is 1.78. The lowest BCUT2D eigenvalue weighted by atomic mass is 10.2. The Hall–Kier alpha value is -1.41. The maximum atomic E-state index is 12.3. The third kappa shape index (κ3) is 2.54. The Bertz CT molecular complexity index is 409. The van der Waals surface area contributed by atoms with E-state index in [0.717, 1.165) is 23.1 Å². The zero-order valence-electron chi connectivity index (χ0n) is 7.64. The predicted molar refractivity (Wildman–Crippen MR) is 50.5 cm³/mol. The van der Waals surface area contributed by atoms with Crippen LogP contribution < -0.4 is 4.90 Å². The highest BCUT2D eigenvalue weighted by atomic mass is 35.5. The van der Waals surface area contributed by atoms with Gasteiger partial charge in [-0.15, -0.1) is 0 Å². The van der Waals surface area contributed by atoms with Crippen LogP contribution in [0.4, 0.5) is 18.9 Å². The minimum atomic E-state index is -4.43. The van der Waals surface area contributed by atoms with Gasteiger partial charge < -0.3 is 0 Å². The van der Waals surface area contributed by atoms with Gasteiger partial charge in [-0.3, -0.25) is 4.90 Å². The van der Waals surface area contributed by atoms with Crippen LogP contribution in [0.2, 0.25) is 5.02 Å². The second-order valence-electron chi connectivity index (χ2n) is 2.82. The molecule has 2 nitrogen and oxygen atoms in total. The number of hydrogen-bond donors (Lipinski definition) is 0. The van der Waals surface area contributed by atoms with E-state index < -0.39 is 11.7 Å². The number of nitrogens with zero attached hydrogens (tertiary/aromatic N) is 2. The summed E-state index contributed by atoms with van der Waals surface area (Å²) in [5.74, 6) is 0. The highest BCUT2D eigenvalue weighted by molar-refractivity contribution is 6.33. The van der Waals surface area contributed by atoms with E-state index in [1.54, 1.807) is 6.19 Å². The highest BCUT2D eigenvalue weighted by Crippen LogP contribution is 2.34. The minimum Gasteiger partial charge on any atom is -0.281 e. The van der Waals surface area contributed by atoms with Crippen molar-refractivity contribution in [1.82, 2.24) is 0 Å². The van der Waals surface area contributed by atoms with Gasteiger partial charge in [0.25, 0.3) is 0 Å². The molecule has 0 spiro atoms. The van der Waals surface area contributed by atoms with Crippen molar-refractivity contribution in [3.63, 3.8) is 0 Å². The van der Waals surface area contributed by atoms with Crippen LogP contribution in [0.25, 0.3) is 0 Å². The topological polar surface area (TPSA) is 27.0 Å². The average Bonchev–Trinajstić information content (AvgIpc) is 2.15. The first-order valence-corrected chi connectivity index (χ1v) is 4.24. The molecular formula is C9H6ClF3N2. The number of alkyl halides is 3. The van der Waals surface area contributed by atoms with Crippen LogP contribution in [-0.4, -0.2) is 7.05 Å². The number of hydrogen-bond acceptors (Lipinski definition) is 2. The number of halogens is 4. The van der Waals surface area contributed by atoms with Crippen LogP contribution in [0.1, 0.15) is 5.56 Å². The molecule has 0 amide bonds. The zero-order valence-corrected chi connectivity index (χ0v) is 8.39. The standard InChI is InChI=1S/C9H6ClF3N2/c1-15(5-14)8-4-6(9(11,12)13)2-3-7(8)10/h2-4H,1H3. The molecule has 0 N–H and O–H groups in total. The van der Waals surface area contributed by atoms with Gasteiger partial charge in [0, 0.05) is 7.05 Å². The highest BCUT2D eigenvalue weighted by Gasteiger charge is 2.31. The Balaban J connectivity index is 3.24. The van der Waals surface area contributed by atoms with Crippen LogP contribution >= 0.6 is 11.6 Å². The van der Waals surface area contributed by atoms with E-state index >= 15 is 0 Å². The third-order valence-corrected chi connectivity index (χ3v) is 2.10. The van der Waals surface area contributed by atoms with Crippen molar-refractivity contribution >= 4 is 17.3 Å². The van der Waals surface area contributed by atoms with Gasteiger partial charge in [0.15, 0.2) is 6.19 Å². The summed E-state index contributed by atoms with van der Waals surface area (Å²) in [5.41, 5.74) is -0.794. The molecule has 15 heavy (non-hydrogen) atoms. The molecule has 0 unspecified atom stereocenters. The molecule has 0 bridgehead atoms. The average molecular weight is 235 g/mol. The second kappa shape index (κ2) is 3.99. The van der Waals surface area contributed by atoms with Gasteiger partial charge in [-0.1, -0.05) is 11.6 Å². The fourth-order valence-electron chi connectivity index (χ4n) is 1.000. The molecule has 1 rings (SSSR count). The van der Waals surface area contributed by atoms with Crippen LogP contribution in [0, 0.1) is 11.5 Å². The summed E-state index contributed by atoms with van der Waals surface area (Å²) >= 11 is 5.66. The molecule has 0 aliphatic carbocycles. The maximum absolute atomic E-state index is 12.3. The van der Waals surface area contributed by atoms with Gasteiger partial charge in [0.1, 0.15) is 0 Å². The zero-order chi connectivity index (χ0) is 11.6. The molecule has 0 saturated carbocycles. The molecule has 0 radical (unpaired) electrons. The summed E-state index contributed by atoms with van der Waals surface area (Å²) in [7, 11) is 1.33. The van der Waals surface area contributed by atoms with Crippen molar-refractivity contribution in [1.29, 1.82) is 5.26 Å². The quantitative estimate of drug-likeness (QED) is 0.551. The van der Waals surface area contributed by atoms with E-state index in [4.69, 9.17) is 16.9 Å². The van der Waals surface area contributed by atoms with Gasteiger partial charge >= 0.3 is 6.18 Å². The Labute approximate surface area is 89.5 Å². The van der Waals surface area contributed by atoms with Crippen molar-refractivity contribution < 1.29 is 13.2 Å². The van der Waals surface area contributed by atoms with E-state index in [9.17, 15) is 13.2 Å². The summed E-state index contributed by atoms with van der Waals surface area (Å²) in [6.07, 6.45) is -2.75. The van der Waals surface area contributed by atoms with Gasteiger partial charge in [-0.2, -0.15) is 18.4 Å². The molecule has 80 valence electrons. The fraction of sp³-hybridized carbons (Fsp3) is 0.222. The lowest BCUT2D eigenvalue weighted by Gasteiger charge is -2.14. The molecule has 1 aromatic rings. The first-order valence-electron chi connectivity index (χ1n) is 3.86.